The molecule has 0 heterocycles. The van der Waals surface area contributed by atoms with Gasteiger partial charge in [0.1, 0.15) is 0 Å². The van der Waals surface area contributed by atoms with Crippen molar-refractivity contribution in [1.82, 2.24) is 10.6 Å². The third kappa shape index (κ3) is 5.42. The van der Waals surface area contributed by atoms with E-state index in [-0.39, 0.29) is 36.6 Å². The maximum atomic E-state index is 13.0. The molecule has 23 heavy (non-hydrogen) atoms. The molecule has 3 N–H and O–H groups in total. The van der Waals surface area contributed by atoms with Gasteiger partial charge in [0.25, 0.3) is 0 Å². The van der Waals surface area contributed by atoms with Crippen molar-refractivity contribution < 1.29 is 23.1 Å². The first kappa shape index (κ1) is 17.6. The lowest BCUT2D eigenvalue weighted by Gasteiger charge is -2.25. The van der Waals surface area contributed by atoms with E-state index >= 15 is 0 Å². The average Bonchev–Trinajstić information content (AvgIpc) is 2.50. The summed E-state index contributed by atoms with van der Waals surface area (Å²) in [4.78, 5) is 11.7. The maximum absolute atomic E-state index is 13.0. The van der Waals surface area contributed by atoms with Gasteiger partial charge in [-0.15, -0.1) is 0 Å². The van der Waals surface area contributed by atoms with Crippen LogP contribution in [0.1, 0.15) is 31.2 Å². The third-order valence-electron chi connectivity index (χ3n) is 4.05. The fraction of sp³-hybridized carbons (Fsp3) is 0.562. The number of carbonyl (C=O) groups is 1. The molecular weight excluding hydrogens is 309 g/mol. The highest BCUT2D eigenvalue weighted by molar-refractivity contribution is 5.73. The lowest BCUT2D eigenvalue weighted by molar-refractivity contribution is 0.101. The third-order valence-corrected chi connectivity index (χ3v) is 4.05. The summed E-state index contributed by atoms with van der Waals surface area (Å²) in [6.07, 6.45) is 3.34. The lowest BCUT2D eigenvalue weighted by Crippen LogP contribution is -2.40. The molecule has 0 saturated heterocycles. The molecule has 2 amide bonds. The molecule has 128 valence electrons. The van der Waals surface area contributed by atoms with Crippen LogP contribution in [-0.2, 0) is 6.42 Å². The van der Waals surface area contributed by atoms with Crippen LogP contribution in [0.5, 0.6) is 0 Å². The van der Waals surface area contributed by atoms with Gasteiger partial charge in [0.2, 0.25) is 0 Å². The summed E-state index contributed by atoms with van der Waals surface area (Å²) in [5.74, 6) is -3.69. The Kier molecular flexibility index (Phi) is 6.27. The van der Waals surface area contributed by atoms with E-state index in [4.69, 9.17) is 0 Å². The van der Waals surface area contributed by atoms with Gasteiger partial charge in [-0.3, -0.25) is 0 Å². The van der Waals surface area contributed by atoms with Crippen LogP contribution < -0.4 is 10.6 Å². The van der Waals surface area contributed by atoms with Crippen molar-refractivity contribution in [1.29, 1.82) is 0 Å². The second-order valence-corrected chi connectivity index (χ2v) is 5.95. The Bertz CT molecular complexity index is 531. The molecule has 0 aliphatic heterocycles. The summed E-state index contributed by atoms with van der Waals surface area (Å²) in [5.41, 5.74) is 0.275. The van der Waals surface area contributed by atoms with Crippen LogP contribution in [0, 0.1) is 23.4 Å². The van der Waals surface area contributed by atoms with Crippen LogP contribution in [0.3, 0.4) is 0 Å². The molecule has 4 nitrogen and oxygen atoms in total. The number of hydrogen-bond acceptors (Lipinski definition) is 2. The molecule has 2 rings (SSSR count). The van der Waals surface area contributed by atoms with Crippen LogP contribution in [0.2, 0.25) is 0 Å². The largest absolute Gasteiger partial charge is 0.393 e. The van der Waals surface area contributed by atoms with Crippen molar-refractivity contribution >= 4 is 6.03 Å². The number of aliphatic hydroxyl groups excluding tert-OH is 1. The van der Waals surface area contributed by atoms with E-state index < -0.39 is 17.5 Å². The Morgan fingerprint density at radius 3 is 2.52 bits per heavy atom. The Hall–Kier alpha value is -1.76. The highest BCUT2D eigenvalue weighted by atomic mass is 19.2. The Morgan fingerprint density at radius 1 is 1.17 bits per heavy atom. The van der Waals surface area contributed by atoms with E-state index in [0.717, 1.165) is 31.4 Å². The quantitative estimate of drug-likeness (QED) is 0.727. The normalized spacial score (nSPS) is 21.0. The van der Waals surface area contributed by atoms with Crippen molar-refractivity contribution in [3.05, 3.63) is 35.1 Å². The van der Waals surface area contributed by atoms with Gasteiger partial charge in [-0.1, -0.05) is 6.42 Å². The molecule has 1 aromatic rings. The van der Waals surface area contributed by atoms with Gasteiger partial charge in [-0.2, -0.15) is 0 Å². The van der Waals surface area contributed by atoms with Gasteiger partial charge in [0, 0.05) is 13.1 Å². The van der Waals surface area contributed by atoms with E-state index in [0.29, 0.717) is 13.0 Å². The molecule has 1 aliphatic carbocycles. The summed E-state index contributed by atoms with van der Waals surface area (Å²) in [5, 5.41) is 14.9. The minimum Gasteiger partial charge on any atom is -0.393 e. The number of aliphatic hydroxyl groups is 1. The first-order chi connectivity index (χ1) is 11.0. The average molecular weight is 330 g/mol. The maximum Gasteiger partial charge on any atom is 0.314 e. The van der Waals surface area contributed by atoms with Crippen LogP contribution in [-0.4, -0.2) is 30.3 Å². The van der Waals surface area contributed by atoms with Crippen molar-refractivity contribution in [2.45, 2.75) is 38.2 Å². The van der Waals surface area contributed by atoms with Gasteiger partial charge in [0.15, 0.2) is 17.5 Å². The van der Waals surface area contributed by atoms with Gasteiger partial charge >= 0.3 is 6.03 Å². The summed E-state index contributed by atoms with van der Waals surface area (Å²) in [7, 11) is 0. The molecule has 2 unspecified atom stereocenters. The standard InChI is InChI=1S/C16H21F3N2O2/c17-13-7-10(8-14(18)15(13)19)4-5-20-16(23)21-9-11-2-1-3-12(22)6-11/h7-8,11-12,22H,1-6,9H2,(H2,20,21,23). The van der Waals surface area contributed by atoms with Gasteiger partial charge in [-0.05, 0) is 49.3 Å². The van der Waals surface area contributed by atoms with Crippen molar-refractivity contribution in [2.24, 2.45) is 5.92 Å². The van der Waals surface area contributed by atoms with Gasteiger partial charge in [0.05, 0.1) is 6.10 Å². The molecule has 1 saturated carbocycles. The first-order valence-corrected chi connectivity index (χ1v) is 7.79. The fourth-order valence-corrected chi connectivity index (χ4v) is 2.82. The van der Waals surface area contributed by atoms with Crippen molar-refractivity contribution in [3.63, 3.8) is 0 Å². The zero-order valence-corrected chi connectivity index (χ0v) is 12.7. The second-order valence-electron chi connectivity index (χ2n) is 5.95. The molecule has 1 fully saturated rings. The monoisotopic (exact) mass is 330 g/mol. The Morgan fingerprint density at radius 2 is 1.87 bits per heavy atom. The molecule has 0 aromatic heterocycles. The molecule has 1 aliphatic rings. The Balaban J connectivity index is 1.68. The molecule has 0 spiro atoms. The van der Waals surface area contributed by atoms with Crippen LogP contribution in [0.25, 0.3) is 0 Å². The van der Waals surface area contributed by atoms with Gasteiger partial charge in [-0.25, -0.2) is 18.0 Å². The van der Waals surface area contributed by atoms with E-state index in [1.165, 1.54) is 0 Å². The lowest BCUT2D eigenvalue weighted by atomic mass is 9.87. The topological polar surface area (TPSA) is 61.4 Å². The van der Waals surface area contributed by atoms with E-state index in [1.54, 1.807) is 0 Å². The summed E-state index contributed by atoms with van der Waals surface area (Å²) in [6.45, 7) is 0.673. The number of carbonyl (C=O) groups excluding carboxylic acids is 1. The minimum atomic E-state index is -1.49. The minimum absolute atomic E-state index is 0.184. The molecular formula is C16H21F3N2O2. The summed E-state index contributed by atoms with van der Waals surface area (Å²) >= 11 is 0. The SMILES string of the molecule is O=C(NCCc1cc(F)c(F)c(F)c1)NCC1CCCC(O)C1. The zero-order valence-electron chi connectivity index (χ0n) is 12.7. The number of rotatable bonds is 5. The number of halogens is 3. The molecule has 0 radical (unpaired) electrons. The smallest absolute Gasteiger partial charge is 0.314 e. The molecule has 1 aromatic carbocycles. The highest BCUT2D eigenvalue weighted by Crippen LogP contribution is 2.23. The van der Waals surface area contributed by atoms with Crippen LogP contribution in [0.4, 0.5) is 18.0 Å². The Labute approximate surface area is 133 Å². The zero-order chi connectivity index (χ0) is 16.8. The predicted molar refractivity (Wildman–Crippen MR) is 79.4 cm³/mol. The van der Waals surface area contributed by atoms with E-state index in [2.05, 4.69) is 10.6 Å². The highest BCUT2D eigenvalue weighted by Gasteiger charge is 2.20. The fourth-order valence-electron chi connectivity index (χ4n) is 2.82. The number of amides is 2. The number of hydrogen-bond donors (Lipinski definition) is 3. The first-order valence-electron chi connectivity index (χ1n) is 7.79. The number of benzene rings is 1. The van der Waals surface area contributed by atoms with E-state index in [9.17, 15) is 23.1 Å². The summed E-state index contributed by atoms with van der Waals surface area (Å²) in [6, 6.07) is 1.47. The number of urea groups is 1. The second kappa shape index (κ2) is 8.19. The van der Waals surface area contributed by atoms with Gasteiger partial charge < -0.3 is 15.7 Å². The number of nitrogens with one attached hydrogen (secondary N) is 2. The van der Waals surface area contributed by atoms with Crippen LogP contribution in [0.15, 0.2) is 12.1 Å². The van der Waals surface area contributed by atoms with E-state index in [1.807, 2.05) is 0 Å². The molecule has 7 heteroatoms. The van der Waals surface area contributed by atoms with Crippen molar-refractivity contribution in [2.75, 3.05) is 13.1 Å². The van der Waals surface area contributed by atoms with Crippen LogP contribution >= 0.6 is 0 Å². The van der Waals surface area contributed by atoms with Crippen molar-refractivity contribution in [3.8, 4) is 0 Å². The summed E-state index contributed by atoms with van der Waals surface area (Å²) < 4.78 is 38.9. The molecule has 2 atom stereocenters. The molecule has 0 bridgehead atoms. The predicted octanol–water partition coefficient (Wildman–Crippen LogP) is 2.50.